The fraction of sp³-hybridized carbons (Fsp3) is 0.333. The number of rotatable bonds is 5. The van der Waals surface area contributed by atoms with E-state index >= 15 is 0 Å². The van der Waals surface area contributed by atoms with Crippen molar-refractivity contribution in [2.45, 2.75) is 10.4 Å². The van der Waals surface area contributed by atoms with Crippen LogP contribution in [0.1, 0.15) is 11.7 Å². The summed E-state index contributed by atoms with van der Waals surface area (Å²) in [4.78, 5) is 1.93. The average Bonchev–Trinajstić information content (AvgIpc) is 2.86. The number of aromatic nitrogens is 2. The molecule has 1 atom stereocenters. The van der Waals surface area contributed by atoms with E-state index in [1.807, 2.05) is 49.3 Å². The van der Waals surface area contributed by atoms with E-state index in [2.05, 4.69) is 10.2 Å². The lowest BCUT2D eigenvalue weighted by molar-refractivity contribution is 0.204. The van der Waals surface area contributed by atoms with Crippen molar-refractivity contribution in [2.75, 3.05) is 24.7 Å². The van der Waals surface area contributed by atoms with Gasteiger partial charge in [-0.25, -0.2) is 0 Å². The van der Waals surface area contributed by atoms with Crippen molar-refractivity contribution in [3.63, 3.8) is 0 Å². The average molecular weight is 281 g/mol. The van der Waals surface area contributed by atoms with Crippen molar-refractivity contribution < 1.29 is 5.11 Å². The lowest BCUT2D eigenvalue weighted by Gasteiger charge is -2.08. The number of nitrogens with zero attached hydrogens (tertiary/aromatic N) is 3. The van der Waals surface area contributed by atoms with Crippen LogP contribution >= 0.6 is 23.1 Å². The van der Waals surface area contributed by atoms with Crippen LogP contribution in [0.5, 0.6) is 0 Å². The monoisotopic (exact) mass is 281 g/mol. The SMILES string of the molecule is CN(C)c1nnc(SCC(O)c2ccccc2)s1. The van der Waals surface area contributed by atoms with Crippen LogP contribution < -0.4 is 4.90 Å². The molecule has 0 aliphatic carbocycles. The molecule has 0 radical (unpaired) electrons. The van der Waals surface area contributed by atoms with Crippen LogP contribution in [0, 0.1) is 0 Å². The van der Waals surface area contributed by atoms with Gasteiger partial charge in [-0.3, -0.25) is 0 Å². The highest BCUT2D eigenvalue weighted by molar-refractivity contribution is 8.01. The molecule has 1 unspecified atom stereocenters. The van der Waals surface area contributed by atoms with Gasteiger partial charge >= 0.3 is 0 Å². The summed E-state index contributed by atoms with van der Waals surface area (Å²) in [5.74, 6) is 0.589. The zero-order chi connectivity index (χ0) is 13.0. The Labute approximate surface area is 115 Å². The molecule has 2 aromatic rings. The van der Waals surface area contributed by atoms with Crippen molar-refractivity contribution >= 4 is 28.2 Å². The summed E-state index contributed by atoms with van der Waals surface area (Å²) < 4.78 is 0.883. The van der Waals surface area contributed by atoms with Crippen LogP contribution in [0.4, 0.5) is 5.13 Å². The molecule has 96 valence electrons. The van der Waals surface area contributed by atoms with E-state index in [-0.39, 0.29) is 0 Å². The molecule has 18 heavy (non-hydrogen) atoms. The molecule has 1 aromatic heterocycles. The largest absolute Gasteiger partial charge is 0.388 e. The summed E-state index contributed by atoms with van der Waals surface area (Å²) >= 11 is 3.06. The Morgan fingerprint density at radius 1 is 1.28 bits per heavy atom. The maximum absolute atomic E-state index is 10.0. The smallest absolute Gasteiger partial charge is 0.208 e. The third-order valence-electron chi connectivity index (χ3n) is 2.33. The molecular weight excluding hydrogens is 266 g/mol. The molecule has 1 aromatic carbocycles. The highest BCUT2D eigenvalue weighted by Crippen LogP contribution is 2.29. The van der Waals surface area contributed by atoms with Crippen LogP contribution in [0.2, 0.25) is 0 Å². The third-order valence-corrected chi connectivity index (χ3v) is 4.63. The van der Waals surface area contributed by atoms with Gasteiger partial charge in [-0.1, -0.05) is 53.4 Å². The molecule has 0 amide bonds. The molecule has 0 fully saturated rings. The molecule has 1 heterocycles. The number of aliphatic hydroxyl groups is 1. The van der Waals surface area contributed by atoms with Crippen LogP contribution in [0.25, 0.3) is 0 Å². The van der Waals surface area contributed by atoms with Gasteiger partial charge in [-0.15, -0.1) is 10.2 Å². The van der Waals surface area contributed by atoms with Crippen LogP contribution in [0.15, 0.2) is 34.7 Å². The molecular formula is C12H15N3OS2. The first-order valence-electron chi connectivity index (χ1n) is 5.53. The lowest BCUT2D eigenvalue weighted by Crippen LogP contribution is -2.07. The van der Waals surface area contributed by atoms with Crippen LogP contribution in [0.3, 0.4) is 0 Å². The van der Waals surface area contributed by atoms with E-state index < -0.39 is 6.10 Å². The highest BCUT2D eigenvalue weighted by Gasteiger charge is 2.11. The van der Waals surface area contributed by atoms with Crippen molar-refractivity contribution in [2.24, 2.45) is 0 Å². The summed E-state index contributed by atoms with van der Waals surface area (Å²) in [7, 11) is 3.88. The molecule has 6 heteroatoms. The van der Waals surface area contributed by atoms with Gasteiger partial charge in [-0.05, 0) is 5.56 Å². The first-order chi connectivity index (χ1) is 8.66. The molecule has 0 spiro atoms. The van der Waals surface area contributed by atoms with E-state index in [1.165, 1.54) is 23.1 Å². The minimum absolute atomic E-state index is 0.470. The van der Waals surface area contributed by atoms with Crippen molar-refractivity contribution in [3.05, 3.63) is 35.9 Å². The topological polar surface area (TPSA) is 49.2 Å². The fourth-order valence-corrected chi connectivity index (χ4v) is 3.12. The third kappa shape index (κ3) is 3.44. The molecule has 0 aliphatic heterocycles. The predicted molar refractivity (Wildman–Crippen MR) is 76.4 cm³/mol. The Morgan fingerprint density at radius 2 is 2.00 bits per heavy atom. The van der Waals surface area contributed by atoms with Gasteiger partial charge < -0.3 is 10.0 Å². The Hall–Kier alpha value is -1.11. The Kier molecular flexibility index (Phi) is 4.57. The second-order valence-corrected chi connectivity index (χ2v) is 6.21. The Bertz CT molecular complexity index is 487. The number of thioether (sulfide) groups is 1. The van der Waals surface area contributed by atoms with Gasteiger partial charge in [0.15, 0.2) is 4.34 Å². The number of hydrogen-bond acceptors (Lipinski definition) is 6. The summed E-state index contributed by atoms with van der Waals surface area (Å²) in [6.07, 6.45) is -0.470. The number of benzene rings is 1. The molecule has 1 N–H and O–H groups in total. The number of aliphatic hydroxyl groups excluding tert-OH is 1. The standard InChI is InChI=1S/C12H15N3OS2/c1-15(2)11-13-14-12(18-11)17-8-10(16)9-6-4-3-5-7-9/h3-7,10,16H,8H2,1-2H3. The van der Waals surface area contributed by atoms with Gasteiger partial charge in [-0.2, -0.15) is 0 Å². The van der Waals surface area contributed by atoms with Crippen LogP contribution in [-0.4, -0.2) is 35.2 Å². The highest BCUT2D eigenvalue weighted by atomic mass is 32.2. The second-order valence-electron chi connectivity index (χ2n) is 3.98. The van der Waals surface area contributed by atoms with E-state index in [0.29, 0.717) is 5.75 Å². The molecule has 4 nitrogen and oxygen atoms in total. The van der Waals surface area contributed by atoms with Crippen LogP contribution in [-0.2, 0) is 0 Å². The van der Waals surface area contributed by atoms with Gasteiger partial charge in [0.1, 0.15) is 0 Å². The maximum atomic E-state index is 10.0. The van der Waals surface area contributed by atoms with Gasteiger partial charge in [0.2, 0.25) is 5.13 Å². The summed E-state index contributed by atoms with van der Waals surface area (Å²) in [5.41, 5.74) is 0.933. The molecule has 0 bridgehead atoms. The minimum atomic E-state index is -0.470. The van der Waals surface area contributed by atoms with E-state index in [0.717, 1.165) is 15.0 Å². The summed E-state index contributed by atoms with van der Waals surface area (Å²) in [6, 6.07) is 9.65. The van der Waals surface area contributed by atoms with E-state index in [1.54, 1.807) is 0 Å². The van der Waals surface area contributed by atoms with Crippen molar-refractivity contribution in [1.82, 2.24) is 10.2 Å². The normalized spacial score (nSPS) is 12.4. The van der Waals surface area contributed by atoms with Gasteiger partial charge in [0.25, 0.3) is 0 Å². The molecule has 2 rings (SSSR count). The van der Waals surface area contributed by atoms with Gasteiger partial charge in [0.05, 0.1) is 6.10 Å². The Balaban J connectivity index is 1.91. The zero-order valence-electron chi connectivity index (χ0n) is 10.3. The molecule has 0 saturated heterocycles. The zero-order valence-corrected chi connectivity index (χ0v) is 11.9. The first kappa shape index (κ1) is 13.3. The number of hydrogen-bond donors (Lipinski definition) is 1. The minimum Gasteiger partial charge on any atom is -0.388 e. The van der Waals surface area contributed by atoms with Gasteiger partial charge in [0, 0.05) is 19.8 Å². The fourth-order valence-electron chi connectivity index (χ4n) is 1.36. The maximum Gasteiger partial charge on any atom is 0.208 e. The second kappa shape index (κ2) is 6.17. The Morgan fingerprint density at radius 3 is 2.61 bits per heavy atom. The number of anilines is 1. The predicted octanol–water partition coefficient (Wildman–Crippen LogP) is 2.43. The van der Waals surface area contributed by atoms with E-state index in [9.17, 15) is 5.11 Å². The summed E-state index contributed by atoms with van der Waals surface area (Å²) in [5, 5.41) is 19.0. The van der Waals surface area contributed by atoms with Crippen molar-refractivity contribution in [3.8, 4) is 0 Å². The van der Waals surface area contributed by atoms with E-state index in [4.69, 9.17) is 0 Å². The summed E-state index contributed by atoms with van der Waals surface area (Å²) in [6.45, 7) is 0. The molecule has 0 aliphatic rings. The lowest BCUT2D eigenvalue weighted by atomic mass is 10.1. The van der Waals surface area contributed by atoms with Crippen molar-refractivity contribution in [1.29, 1.82) is 0 Å². The first-order valence-corrected chi connectivity index (χ1v) is 7.33. The quantitative estimate of drug-likeness (QED) is 0.853. The molecule has 0 saturated carbocycles.